The monoisotopic (exact) mass is 311 g/mol. The van der Waals surface area contributed by atoms with Crippen molar-refractivity contribution in [3.8, 4) is 0 Å². The van der Waals surface area contributed by atoms with E-state index < -0.39 is 0 Å². The van der Waals surface area contributed by atoms with Crippen LogP contribution in [0.1, 0.15) is 17.0 Å². The summed E-state index contributed by atoms with van der Waals surface area (Å²) in [7, 11) is 1.90. The Kier molecular flexibility index (Phi) is 5.41. The molecule has 1 unspecified atom stereocenters. The molecule has 0 bridgehead atoms. The SMILES string of the molecule is CNCC(Cc1cc(Cl)ccc1Cl)c1ccc(F)cc1. The van der Waals surface area contributed by atoms with Crippen LogP contribution >= 0.6 is 23.2 Å². The van der Waals surface area contributed by atoms with E-state index in [0.29, 0.717) is 10.0 Å². The Bertz CT molecular complexity index is 569. The van der Waals surface area contributed by atoms with Gasteiger partial charge < -0.3 is 5.32 Å². The molecule has 0 amide bonds. The lowest BCUT2D eigenvalue weighted by atomic mass is 9.92. The molecule has 20 heavy (non-hydrogen) atoms. The first-order valence-corrected chi connectivity index (χ1v) is 7.19. The predicted octanol–water partition coefficient (Wildman–Crippen LogP) is 4.68. The van der Waals surface area contributed by atoms with Gasteiger partial charge in [0, 0.05) is 22.5 Å². The van der Waals surface area contributed by atoms with Crippen LogP contribution in [0.2, 0.25) is 10.0 Å². The lowest BCUT2D eigenvalue weighted by Gasteiger charge is -2.18. The highest BCUT2D eigenvalue weighted by Crippen LogP contribution is 2.27. The predicted molar refractivity (Wildman–Crippen MR) is 83.2 cm³/mol. The van der Waals surface area contributed by atoms with Crippen molar-refractivity contribution in [1.82, 2.24) is 5.32 Å². The molecular weight excluding hydrogens is 296 g/mol. The fourth-order valence-corrected chi connectivity index (χ4v) is 2.64. The van der Waals surface area contributed by atoms with Crippen LogP contribution in [0.4, 0.5) is 4.39 Å². The van der Waals surface area contributed by atoms with Crippen LogP contribution in [0.25, 0.3) is 0 Å². The Hall–Kier alpha value is -1.09. The Morgan fingerprint density at radius 2 is 1.80 bits per heavy atom. The second-order valence-electron chi connectivity index (χ2n) is 4.75. The Labute approximate surface area is 128 Å². The molecule has 0 saturated carbocycles. The molecule has 2 aromatic carbocycles. The number of likely N-dealkylation sites (N-methyl/N-ethyl adjacent to an activating group) is 1. The molecule has 1 nitrogen and oxygen atoms in total. The molecule has 106 valence electrons. The average Bonchev–Trinajstić information content (AvgIpc) is 2.43. The number of rotatable bonds is 5. The lowest BCUT2D eigenvalue weighted by Crippen LogP contribution is -2.19. The molecule has 2 aromatic rings. The smallest absolute Gasteiger partial charge is 0.123 e. The van der Waals surface area contributed by atoms with E-state index in [4.69, 9.17) is 23.2 Å². The van der Waals surface area contributed by atoms with Crippen molar-refractivity contribution in [3.63, 3.8) is 0 Å². The third-order valence-electron chi connectivity index (χ3n) is 3.27. The standard InChI is InChI=1S/C16H16Cl2FN/c1-20-10-13(11-2-5-15(19)6-3-11)8-12-9-14(17)4-7-16(12)18/h2-7,9,13,20H,8,10H2,1H3. The van der Waals surface area contributed by atoms with Crippen LogP contribution in [0.3, 0.4) is 0 Å². The molecule has 0 spiro atoms. The van der Waals surface area contributed by atoms with Crippen LogP contribution in [-0.4, -0.2) is 13.6 Å². The molecular formula is C16H16Cl2FN. The summed E-state index contributed by atoms with van der Waals surface area (Å²) in [6, 6.07) is 12.1. The molecule has 0 aliphatic carbocycles. The summed E-state index contributed by atoms with van der Waals surface area (Å²) in [5.74, 6) is -0.00527. The van der Waals surface area contributed by atoms with E-state index in [0.717, 1.165) is 24.1 Å². The fraction of sp³-hybridized carbons (Fsp3) is 0.250. The molecule has 0 radical (unpaired) electrons. The van der Waals surface area contributed by atoms with Crippen LogP contribution in [-0.2, 0) is 6.42 Å². The number of hydrogen-bond acceptors (Lipinski definition) is 1. The zero-order chi connectivity index (χ0) is 14.5. The zero-order valence-corrected chi connectivity index (χ0v) is 12.7. The van der Waals surface area contributed by atoms with Gasteiger partial charge in [-0.25, -0.2) is 4.39 Å². The maximum absolute atomic E-state index is 13.0. The van der Waals surface area contributed by atoms with Crippen molar-refractivity contribution in [3.05, 3.63) is 69.5 Å². The van der Waals surface area contributed by atoms with Gasteiger partial charge in [-0.15, -0.1) is 0 Å². The number of benzene rings is 2. The van der Waals surface area contributed by atoms with Gasteiger partial charge >= 0.3 is 0 Å². The molecule has 0 heterocycles. The van der Waals surface area contributed by atoms with Gasteiger partial charge in [0.05, 0.1) is 0 Å². The van der Waals surface area contributed by atoms with Crippen molar-refractivity contribution in [2.45, 2.75) is 12.3 Å². The van der Waals surface area contributed by atoms with Gasteiger partial charge in [0.15, 0.2) is 0 Å². The van der Waals surface area contributed by atoms with Crippen molar-refractivity contribution in [2.24, 2.45) is 0 Å². The first-order chi connectivity index (χ1) is 9.60. The second-order valence-corrected chi connectivity index (χ2v) is 5.59. The van der Waals surface area contributed by atoms with E-state index in [2.05, 4.69) is 5.32 Å². The first kappa shape index (κ1) is 15.3. The highest BCUT2D eigenvalue weighted by atomic mass is 35.5. The van der Waals surface area contributed by atoms with Gasteiger partial charge in [0.1, 0.15) is 5.82 Å². The van der Waals surface area contributed by atoms with Crippen molar-refractivity contribution in [1.29, 1.82) is 0 Å². The van der Waals surface area contributed by atoms with Gasteiger partial charge in [-0.2, -0.15) is 0 Å². The summed E-state index contributed by atoms with van der Waals surface area (Å²) in [5, 5.41) is 4.54. The summed E-state index contributed by atoms with van der Waals surface area (Å²) in [6.45, 7) is 0.786. The maximum Gasteiger partial charge on any atom is 0.123 e. The van der Waals surface area contributed by atoms with Crippen LogP contribution < -0.4 is 5.32 Å². The number of hydrogen-bond donors (Lipinski definition) is 1. The quantitative estimate of drug-likeness (QED) is 0.845. The minimum absolute atomic E-state index is 0.219. The van der Waals surface area contributed by atoms with Crippen molar-refractivity contribution >= 4 is 23.2 Å². The molecule has 0 aliphatic rings. The molecule has 0 aliphatic heterocycles. The second kappa shape index (κ2) is 7.07. The van der Waals surface area contributed by atoms with Gasteiger partial charge in [0.2, 0.25) is 0 Å². The van der Waals surface area contributed by atoms with Crippen molar-refractivity contribution in [2.75, 3.05) is 13.6 Å². The van der Waals surface area contributed by atoms with E-state index in [9.17, 15) is 4.39 Å². The highest BCUT2D eigenvalue weighted by molar-refractivity contribution is 6.33. The number of nitrogens with one attached hydrogen (secondary N) is 1. The summed E-state index contributed by atoms with van der Waals surface area (Å²) >= 11 is 12.2. The average molecular weight is 312 g/mol. The van der Waals surface area contributed by atoms with Gasteiger partial charge in [0.25, 0.3) is 0 Å². The first-order valence-electron chi connectivity index (χ1n) is 6.44. The largest absolute Gasteiger partial charge is 0.319 e. The van der Waals surface area contributed by atoms with Gasteiger partial charge in [-0.1, -0.05) is 35.3 Å². The van der Waals surface area contributed by atoms with Crippen LogP contribution in [0.5, 0.6) is 0 Å². The molecule has 2 rings (SSSR count). The summed E-state index contributed by atoms with van der Waals surface area (Å²) in [4.78, 5) is 0. The summed E-state index contributed by atoms with van der Waals surface area (Å²) < 4.78 is 13.0. The molecule has 1 N–H and O–H groups in total. The van der Waals surface area contributed by atoms with Gasteiger partial charge in [-0.05, 0) is 54.9 Å². The molecule has 0 saturated heterocycles. The Morgan fingerprint density at radius 3 is 2.45 bits per heavy atom. The molecule has 0 aromatic heterocycles. The Balaban J connectivity index is 2.25. The number of halogens is 3. The topological polar surface area (TPSA) is 12.0 Å². The van der Waals surface area contributed by atoms with Crippen molar-refractivity contribution < 1.29 is 4.39 Å². The molecule has 4 heteroatoms. The van der Waals surface area contributed by atoms with E-state index in [1.165, 1.54) is 12.1 Å². The fourth-order valence-electron chi connectivity index (χ4n) is 2.25. The van der Waals surface area contributed by atoms with Crippen LogP contribution in [0.15, 0.2) is 42.5 Å². The summed E-state index contributed by atoms with van der Waals surface area (Å²) in [5.41, 5.74) is 2.08. The van der Waals surface area contributed by atoms with E-state index in [1.54, 1.807) is 12.1 Å². The third-order valence-corrected chi connectivity index (χ3v) is 3.87. The van der Waals surface area contributed by atoms with Crippen LogP contribution in [0, 0.1) is 5.82 Å². The lowest BCUT2D eigenvalue weighted by molar-refractivity contribution is 0.611. The van der Waals surface area contributed by atoms with E-state index in [-0.39, 0.29) is 11.7 Å². The van der Waals surface area contributed by atoms with Gasteiger partial charge in [-0.3, -0.25) is 0 Å². The highest BCUT2D eigenvalue weighted by Gasteiger charge is 2.14. The minimum atomic E-state index is -0.224. The molecule has 1 atom stereocenters. The van der Waals surface area contributed by atoms with E-state index >= 15 is 0 Å². The molecule has 0 fully saturated rings. The maximum atomic E-state index is 13.0. The normalized spacial score (nSPS) is 12.4. The Morgan fingerprint density at radius 1 is 1.10 bits per heavy atom. The van der Waals surface area contributed by atoms with E-state index in [1.807, 2.05) is 25.2 Å². The minimum Gasteiger partial charge on any atom is -0.319 e. The third kappa shape index (κ3) is 3.95. The zero-order valence-electron chi connectivity index (χ0n) is 11.2. The summed E-state index contributed by atoms with van der Waals surface area (Å²) in [6.07, 6.45) is 0.756.